The summed E-state index contributed by atoms with van der Waals surface area (Å²) in [5.41, 5.74) is 2.14. The first-order valence-electron chi connectivity index (χ1n) is 10.8. The fraction of sp³-hybridized carbons (Fsp3) is 0.375. The first-order valence-corrected chi connectivity index (χ1v) is 11.2. The average Bonchev–Trinajstić information content (AvgIpc) is 3.26. The van der Waals surface area contributed by atoms with E-state index in [0.717, 1.165) is 38.0 Å². The molecule has 0 radical (unpaired) electrons. The largest absolute Gasteiger partial charge is 0.352 e. The lowest BCUT2D eigenvalue weighted by Crippen LogP contribution is -2.36. The number of hydrogen-bond donors (Lipinski definition) is 1. The Morgan fingerprint density at radius 3 is 2.81 bits per heavy atom. The van der Waals surface area contributed by atoms with Crippen LogP contribution in [0.2, 0.25) is 5.02 Å². The van der Waals surface area contributed by atoms with E-state index in [-0.39, 0.29) is 5.91 Å². The van der Waals surface area contributed by atoms with Crippen molar-refractivity contribution in [3.8, 4) is 5.95 Å². The third-order valence-electron chi connectivity index (χ3n) is 5.80. The zero-order valence-electron chi connectivity index (χ0n) is 17.6. The van der Waals surface area contributed by atoms with E-state index >= 15 is 0 Å². The fourth-order valence-corrected chi connectivity index (χ4v) is 4.38. The van der Waals surface area contributed by atoms with Gasteiger partial charge in [0.25, 0.3) is 0 Å². The van der Waals surface area contributed by atoms with Crippen LogP contribution < -0.4 is 5.32 Å². The van der Waals surface area contributed by atoms with Gasteiger partial charge in [0.05, 0.1) is 0 Å². The summed E-state index contributed by atoms with van der Waals surface area (Å²) in [5, 5.41) is 3.69. The van der Waals surface area contributed by atoms with Gasteiger partial charge in [-0.25, -0.2) is 9.97 Å². The molecule has 7 heteroatoms. The van der Waals surface area contributed by atoms with E-state index in [1.807, 2.05) is 47.2 Å². The molecule has 4 rings (SSSR count). The molecule has 3 aromatic rings. The predicted molar refractivity (Wildman–Crippen MR) is 122 cm³/mol. The lowest BCUT2D eigenvalue weighted by Gasteiger charge is -2.32. The van der Waals surface area contributed by atoms with Gasteiger partial charge in [0.1, 0.15) is 0 Å². The van der Waals surface area contributed by atoms with Crippen molar-refractivity contribution in [3.63, 3.8) is 0 Å². The van der Waals surface area contributed by atoms with Crippen molar-refractivity contribution in [2.45, 2.75) is 38.8 Å². The van der Waals surface area contributed by atoms with Crippen LogP contribution in [0.25, 0.3) is 5.95 Å². The third kappa shape index (κ3) is 5.93. The van der Waals surface area contributed by atoms with Gasteiger partial charge in [-0.15, -0.1) is 0 Å². The Bertz CT molecular complexity index is 990. The number of carbonyl (C=O) groups is 1. The molecule has 3 heterocycles. The van der Waals surface area contributed by atoms with E-state index < -0.39 is 0 Å². The molecule has 0 unspecified atom stereocenters. The molecule has 6 nitrogen and oxygen atoms in total. The highest BCUT2D eigenvalue weighted by molar-refractivity contribution is 6.31. The quantitative estimate of drug-likeness (QED) is 0.572. The van der Waals surface area contributed by atoms with E-state index in [9.17, 15) is 4.79 Å². The summed E-state index contributed by atoms with van der Waals surface area (Å²) in [7, 11) is 0. The number of nitrogens with one attached hydrogen (secondary N) is 1. The third-order valence-corrected chi connectivity index (χ3v) is 6.17. The van der Waals surface area contributed by atoms with Crippen molar-refractivity contribution in [3.05, 3.63) is 77.3 Å². The second-order valence-corrected chi connectivity index (χ2v) is 8.48. The Morgan fingerprint density at radius 1 is 1.13 bits per heavy atom. The molecule has 1 aliphatic heterocycles. The molecule has 1 fully saturated rings. The molecule has 1 amide bonds. The van der Waals surface area contributed by atoms with Crippen LogP contribution in [0.3, 0.4) is 0 Å². The summed E-state index contributed by atoms with van der Waals surface area (Å²) in [5.74, 6) is 1.33. The molecule has 0 saturated carbocycles. The molecular formula is C24H28ClN5O. The molecule has 1 saturated heterocycles. The number of nitrogens with zero attached hydrogens (tertiary/aromatic N) is 4. The monoisotopic (exact) mass is 437 g/mol. The SMILES string of the molecule is O=C(CC[C@H]1CCCN(Cc2cccn2-c2ncccn2)C1)NCc1ccccc1Cl. The first-order chi connectivity index (χ1) is 15.2. The minimum absolute atomic E-state index is 0.0899. The molecule has 0 aliphatic carbocycles. The minimum Gasteiger partial charge on any atom is -0.352 e. The smallest absolute Gasteiger partial charge is 0.233 e. The maximum absolute atomic E-state index is 12.3. The van der Waals surface area contributed by atoms with Crippen LogP contribution in [0.1, 0.15) is 36.9 Å². The van der Waals surface area contributed by atoms with E-state index in [1.54, 1.807) is 12.4 Å². The van der Waals surface area contributed by atoms with Gasteiger partial charge in [0.2, 0.25) is 11.9 Å². The van der Waals surface area contributed by atoms with Crippen molar-refractivity contribution < 1.29 is 4.79 Å². The van der Waals surface area contributed by atoms with Gasteiger partial charge in [0, 0.05) is 55.4 Å². The molecule has 1 N–H and O–H groups in total. The molecule has 1 aliphatic rings. The van der Waals surface area contributed by atoms with Crippen molar-refractivity contribution in [2.24, 2.45) is 5.92 Å². The number of hydrogen-bond acceptors (Lipinski definition) is 4. The fourth-order valence-electron chi connectivity index (χ4n) is 4.17. The first kappa shape index (κ1) is 21.5. The number of amides is 1. The van der Waals surface area contributed by atoms with Gasteiger partial charge in [-0.2, -0.15) is 0 Å². The normalized spacial score (nSPS) is 16.9. The minimum atomic E-state index is 0.0899. The highest BCUT2D eigenvalue weighted by Gasteiger charge is 2.22. The van der Waals surface area contributed by atoms with Crippen LogP contribution in [-0.2, 0) is 17.9 Å². The molecule has 0 bridgehead atoms. The van der Waals surface area contributed by atoms with Crippen molar-refractivity contribution in [1.82, 2.24) is 24.8 Å². The van der Waals surface area contributed by atoms with E-state index in [4.69, 9.17) is 11.6 Å². The summed E-state index contributed by atoms with van der Waals surface area (Å²) in [6.45, 7) is 3.43. The van der Waals surface area contributed by atoms with Gasteiger partial charge >= 0.3 is 0 Å². The standard InChI is InChI=1S/C24H28ClN5O/c25-22-9-2-1-7-20(22)16-28-23(31)11-10-19-6-3-14-29(17-19)18-21-8-4-15-30(21)24-26-12-5-13-27-24/h1-2,4-5,7-9,12-13,15,19H,3,6,10-11,14,16-18H2,(H,28,31)/t19-/m1/s1. The molecule has 2 aromatic heterocycles. The summed E-state index contributed by atoms with van der Waals surface area (Å²) in [6, 6.07) is 13.6. The van der Waals surface area contributed by atoms with Crippen LogP contribution in [0.4, 0.5) is 0 Å². The van der Waals surface area contributed by atoms with Crippen molar-refractivity contribution in [1.29, 1.82) is 0 Å². The second kappa shape index (κ2) is 10.6. The van der Waals surface area contributed by atoms with Crippen LogP contribution >= 0.6 is 11.6 Å². The topological polar surface area (TPSA) is 63.1 Å². The van der Waals surface area contributed by atoms with Gasteiger partial charge in [0.15, 0.2) is 0 Å². The Balaban J connectivity index is 1.25. The number of rotatable bonds is 8. The van der Waals surface area contributed by atoms with Gasteiger partial charge in [-0.1, -0.05) is 29.8 Å². The van der Waals surface area contributed by atoms with Gasteiger partial charge in [-0.3, -0.25) is 14.3 Å². The zero-order valence-corrected chi connectivity index (χ0v) is 18.3. The van der Waals surface area contributed by atoms with Crippen LogP contribution in [0, 0.1) is 5.92 Å². The number of halogens is 1. The summed E-state index contributed by atoms with van der Waals surface area (Å²) < 4.78 is 2.05. The number of aromatic nitrogens is 3. The van der Waals surface area contributed by atoms with Gasteiger partial charge in [-0.05, 0) is 61.6 Å². The predicted octanol–water partition coefficient (Wildman–Crippen LogP) is 4.23. The van der Waals surface area contributed by atoms with E-state index in [2.05, 4.69) is 26.3 Å². The highest BCUT2D eigenvalue weighted by atomic mass is 35.5. The lowest BCUT2D eigenvalue weighted by atomic mass is 9.93. The molecular weight excluding hydrogens is 410 g/mol. The maximum Gasteiger partial charge on any atom is 0.233 e. The average molecular weight is 438 g/mol. The number of benzene rings is 1. The van der Waals surface area contributed by atoms with Crippen LogP contribution in [0.5, 0.6) is 0 Å². The Hall–Kier alpha value is -2.70. The summed E-state index contributed by atoms with van der Waals surface area (Å²) >= 11 is 6.16. The maximum atomic E-state index is 12.3. The molecule has 0 spiro atoms. The highest BCUT2D eigenvalue weighted by Crippen LogP contribution is 2.23. The number of piperidine rings is 1. The van der Waals surface area contributed by atoms with E-state index in [1.165, 1.54) is 12.1 Å². The molecule has 162 valence electrons. The molecule has 1 aromatic carbocycles. The Labute approximate surface area is 188 Å². The molecule has 31 heavy (non-hydrogen) atoms. The van der Waals surface area contributed by atoms with Gasteiger partial charge < -0.3 is 5.32 Å². The Morgan fingerprint density at radius 2 is 1.97 bits per heavy atom. The second-order valence-electron chi connectivity index (χ2n) is 8.07. The number of carbonyl (C=O) groups excluding carboxylic acids is 1. The van der Waals surface area contributed by atoms with Crippen LogP contribution in [0.15, 0.2) is 61.1 Å². The summed E-state index contributed by atoms with van der Waals surface area (Å²) in [6.07, 6.45) is 9.34. The number of likely N-dealkylation sites (tertiary alicyclic amines) is 1. The Kier molecular flexibility index (Phi) is 7.33. The van der Waals surface area contributed by atoms with Crippen molar-refractivity contribution in [2.75, 3.05) is 13.1 Å². The summed E-state index contributed by atoms with van der Waals surface area (Å²) in [4.78, 5) is 23.5. The van der Waals surface area contributed by atoms with Crippen molar-refractivity contribution >= 4 is 17.5 Å². The lowest BCUT2D eigenvalue weighted by molar-refractivity contribution is -0.121. The zero-order chi connectivity index (χ0) is 21.5. The molecule has 1 atom stereocenters. The van der Waals surface area contributed by atoms with Crippen LogP contribution in [-0.4, -0.2) is 38.4 Å². The van der Waals surface area contributed by atoms with E-state index in [0.29, 0.717) is 29.9 Å².